The molecule has 0 bridgehead atoms. The summed E-state index contributed by atoms with van der Waals surface area (Å²) in [7, 11) is -2.52. The van der Waals surface area contributed by atoms with Crippen LogP contribution in [0.3, 0.4) is 0 Å². The molecule has 1 aliphatic rings. The van der Waals surface area contributed by atoms with E-state index in [0.29, 0.717) is 70.0 Å². The molecule has 0 aliphatic carbocycles. The molecule has 0 atom stereocenters. The molecule has 4 heterocycles. The van der Waals surface area contributed by atoms with E-state index in [1.165, 1.54) is 4.57 Å². The molecule has 15 heteroatoms. The molecule has 1 saturated heterocycles. The second kappa shape index (κ2) is 11.6. The number of ether oxygens (including phenoxy) is 1. The SMILES string of the molecule is Cn1c(=O)c(-c2c(Cl)cccc2Cl)cc2cnc(Nc3ccc(OCCN4CCN(S(=O)(=O)O)CC4)nc3)nc21. The van der Waals surface area contributed by atoms with E-state index in [0.717, 1.165) is 4.31 Å². The smallest absolute Gasteiger partial charge is 0.335 e. The first-order valence-electron chi connectivity index (χ1n) is 12.2. The normalized spacial score (nSPS) is 14.9. The highest BCUT2D eigenvalue weighted by Crippen LogP contribution is 2.33. The van der Waals surface area contributed by atoms with Crippen molar-refractivity contribution in [2.45, 2.75) is 0 Å². The average Bonchev–Trinajstić information content (AvgIpc) is 2.92. The number of nitrogens with zero attached hydrogens (tertiary/aromatic N) is 6. The number of nitrogens with one attached hydrogen (secondary N) is 1. The first-order chi connectivity index (χ1) is 19.1. The molecule has 1 aliphatic heterocycles. The summed E-state index contributed by atoms with van der Waals surface area (Å²) in [6.07, 6.45) is 3.19. The van der Waals surface area contributed by atoms with E-state index in [4.69, 9.17) is 32.5 Å². The monoisotopic (exact) mass is 605 g/mol. The van der Waals surface area contributed by atoms with Gasteiger partial charge in [0, 0.05) is 63.0 Å². The van der Waals surface area contributed by atoms with Gasteiger partial charge in [0.1, 0.15) is 12.3 Å². The van der Waals surface area contributed by atoms with Gasteiger partial charge >= 0.3 is 10.3 Å². The highest BCUT2D eigenvalue weighted by molar-refractivity contribution is 7.83. The Kier molecular flexibility index (Phi) is 8.21. The van der Waals surface area contributed by atoms with E-state index < -0.39 is 10.3 Å². The maximum Gasteiger partial charge on any atom is 0.335 e. The lowest BCUT2D eigenvalue weighted by Gasteiger charge is -2.32. The Labute approximate surface area is 240 Å². The third-order valence-electron chi connectivity index (χ3n) is 6.49. The Morgan fingerprint density at radius 2 is 1.77 bits per heavy atom. The molecule has 1 fully saturated rings. The molecule has 12 nitrogen and oxygen atoms in total. The fraction of sp³-hybridized carbons (Fsp3) is 0.280. The number of benzene rings is 1. The van der Waals surface area contributed by atoms with Crippen molar-refractivity contribution < 1.29 is 17.7 Å². The molecule has 0 saturated carbocycles. The summed E-state index contributed by atoms with van der Waals surface area (Å²) in [6, 6.07) is 10.2. The van der Waals surface area contributed by atoms with Gasteiger partial charge in [-0.05, 0) is 24.3 Å². The van der Waals surface area contributed by atoms with Crippen LogP contribution in [0.4, 0.5) is 11.6 Å². The zero-order valence-electron chi connectivity index (χ0n) is 21.3. The Hall–Kier alpha value is -3.33. The highest BCUT2D eigenvalue weighted by Gasteiger charge is 2.24. The second-order valence-corrected chi connectivity index (χ2v) is 11.3. The van der Waals surface area contributed by atoms with Crippen molar-refractivity contribution in [2.24, 2.45) is 7.05 Å². The summed E-state index contributed by atoms with van der Waals surface area (Å²) in [5.74, 6) is 0.709. The standard InChI is InChI=1S/C25H25Cl2N7O5S/c1-32-23-16(13-18(24(32)35)22-19(26)3-2-4-20(22)27)14-29-25(31-23)30-17-5-6-21(28-15-17)39-12-11-33-7-9-34(10-8-33)40(36,37)38/h2-6,13-15H,7-12H2,1H3,(H,29,30,31)(H,36,37,38). The number of aromatic nitrogens is 4. The molecule has 1 aromatic carbocycles. The number of anilines is 2. The zero-order valence-corrected chi connectivity index (χ0v) is 23.6. The summed E-state index contributed by atoms with van der Waals surface area (Å²) in [6.45, 7) is 2.44. The Morgan fingerprint density at radius 1 is 1.05 bits per heavy atom. The fourth-order valence-corrected chi connectivity index (χ4v) is 5.60. The fourth-order valence-electron chi connectivity index (χ4n) is 4.37. The van der Waals surface area contributed by atoms with E-state index >= 15 is 0 Å². The molecule has 3 aromatic heterocycles. The van der Waals surface area contributed by atoms with Gasteiger partial charge in [0.2, 0.25) is 11.8 Å². The minimum Gasteiger partial charge on any atom is -0.476 e. The average molecular weight is 606 g/mol. The molecule has 0 radical (unpaired) electrons. The van der Waals surface area contributed by atoms with Crippen LogP contribution < -0.4 is 15.6 Å². The lowest BCUT2D eigenvalue weighted by atomic mass is 10.1. The van der Waals surface area contributed by atoms with Crippen molar-refractivity contribution in [1.82, 2.24) is 28.7 Å². The minimum atomic E-state index is -4.14. The summed E-state index contributed by atoms with van der Waals surface area (Å²) < 4.78 is 39.7. The lowest BCUT2D eigenvalue weighted by molar-refractivity contribution is 0.152. The number of fused-ring (bicyclic) bond motifs is 1. The number of halogens is 2. The summed E-state index contributed by atoms with van der Waals surface area (Å²) in [5, 5.41) is 4.47. The van der Waals surface area contributed by atoms with Crippen LogP contribution in [0, 0.1) is 0 Å². The number of hydrogen-bond acceptors (Lipinski definition) is 9. The van der Waals surface area contributed by atoms with Crippen molar-refractivity contribution in [3.8, 4) is 17.0 Å². The van der Waals surface area contributed by atoms with Crippen molar-refractivity contribution in [3.05, 3.63) is 69.2 Å². The molecule has 0 unspecified atom stereocenters. The largest absolute Gasteiger partial charge is 0.476 e. The van der Waals surface area contributed by atoms with Gasteiger partial charge in [-0.3, -0.25) is 18.8 Å². The maximum absolute atomic E-state index is 13.1. The molecule has 4 aromatic rings. The van der Waals surface area contributed by atoms with Gasteiger partial charge in [-0.2, -0.15) is 17.7 Å². The highest BCUT2D eigenvalue weighted by atomic mass is 35.5. The Bertz CT molecular complexity index is 1690. The number of pyridine rings is 2. The Balaban J connectivity index is 1.22. The summed E-state index contributed by atoms with van der Waals surface area (Å²) >= 11 is 12.7. The van der Waals surface area contributed by atoms with Crippen LogP contribution in [0.5, 0.6) is 5.88 Å². The van der Waals surface area contributed by atoms with Gasteiger partial charge < -0.3 is 10.1 Å². The van der Waals surface area contributed by atoms with Gasteiger partial charge in [-0.15, -0.1) is 0 Å². The molecule has 0 spiro atoms. The molecule has 210 valence electrons. The summed E-state index contributed by atoms with van der Waals surface area (Å²) in [4.78, 5) is 28.4. The van der Waals surface area contributed by atoms with Gasteiger partial charge in [0.15, 0.2) is 0 Å². The lowest BCUT2D eigenvalue weighted by Crippen LogP contribution is -2.49. The van der Waals surface area contributed by atoms with Crippen molar-refractivity contribution in [2.75, 3.05) is 44.6 Å². The summed E-state index contributed by atoms with van der Waals surface area (Å²) in [5.41, 5.74) is 1.58. The van der Waals surface area contributed by atoms with Gasteiger partial charge in [0.25, 0.3) is 5.56 Å². The van der Waals surface area contributed by atoms with E-state index in [1.807, 2.05) is 4.90 Å². The first kappa shape index (κ1) is 28.2. The third kappa shape index (κ3) is 6.19. The second-order valence-electron chi connectivity index (χ2n) is 9.07. The van der Waals surface area contributed by atoms with Crippen LogP contribution in [-0.4, -0.2) is 81.0 Å². The minimum absolute atomic E-state index is 0.235. The number of hydrogen-bond donors (Lipinski definition) is 2. The number of piperazine rings is 1. The van der Waals surface area contributed by atoms with Crippen LogP contribution >= 0.6 is 23.2 Å². The zero-order chi connectivity index (χ0) is 28.4. The topological polar surface area (TPSA) is 143 Å². The van der Waals surface area contributed by atoms with Crippen LogP contribution in [0.15, 0.2) is 53.6 Å². The van der Waals surface area contributed by atoms with Crippen molar-refractivity contribution >= 4 is 56.2 Å². The van der Waals surface area contributed by atoms with Crippen LogP contribution in [0.2, 0.25) is 10.0 Å². The predicted octanol–water partition coefficient (Wildman–Crippen LogP) is 3.24. The van der Waals surface area contributed by atoms with Crippen LogP contribution in [-0.2, 0) is 17.4 Å². The Morgan fingerprint density at radius 3 is 2.42 bits per heavy atom. The van der Waals surface area contributed by atoms with Gasteiger partial charge in [-0.25, -0.2) is 9.97 Å². The van der Waals surface area contributed by atoms with E-state index in [-0.39, 0.29) is 24.6 Å². The van der Waals surface area contributed by atoms with Gasteiger partial charge in [-0.1, -0.05) is 29.3 Å². The first-order valence-corrected chi connectivity index (χ1v) is 14.4. The molecule has 5 rings (SSSR count). The molecule has 0 amide bonds. The molecule has 2 N–H and O–H groups in total. The van der Waals surface area contributed by atoms with Crippen molar-refractivity contribution in [3.63, 3.8) is 0 Å². The third-order valence-corrected chi connectivity index (χ3v) is 8.14. The van der Waals surface area contributed by atoms with E-state index in [1.54, 1.807) is 55.8 Å². The molecular weight excluding hydrogens is 581 g/mol. The van der Waals surface area contributed by atoms with E-state index in [9.17, 15) is 13.2 Å². The van der Waals surface area contributed by atoms with Crippen LogP contribution in [0.25, 0.3) is 22.2 Å². The predicted molar refractivity (Wildman–Crippen MR) is 153 cm³/mol. The van der Waals surface area contributed by atoms with Gasteiger partial charge in [0.05, 0.1) is 27.5 Å². The van der Waals surface area contributed by atoms with E-state index in [2.05, 4.69) is 20.3 Å². The quantitative estimate of drug-likeness (QED) is 0.287. The number of aryl methyl sites for hydroxylation is 1. The maximum atomic E-state index is 13.1. The van der Waals surface area contributed by atoms with Crippen molar-refractivity contribution in [1.29, 1.82) is 0 Å². The van der Waals surface area contributed by atoms with Crippen LogP contribution in [0.1, 0.15) is 0 Å². The number of rotatable bonds is 8. The molecule has 40 heavy (non-hydrogen) atoms. The molecular formula is C25H25Cl2N7O5S.